The topological polar surface area (TPSA) is 37.8 Å². The molecule has 0 radical (unpaired) electrons. The summed E-state index contributed by atoms with van der Waals surface area (Å²) < 4.78 is 0. The van der Waals surface area contributed by atoms with Gasteiger partial charge in [-0.15, -0.1) is 11.3 Å². The van der Waals surface area contributed by atoms with Crippen molar-refractivity contribution in [3.05, 3.63) is 58.2 Å². The van der Waals surface area contributed by atoms with Crippen LogP contribution in [-0.4, -0.2) is 16.5 Å². The molecule has 0 fully saturated rings. The monoisotopic (exact) mass is 297 g/mol. The summed E-state index contributed by atoms with van der Waals surface area (Å²) in [6.45, 7) is 5.21. The summed E-state index contributed by atoms with van der Waals surface area (Å²) in [5, 5.41) is 8.03. The second-order valence-electron chi connectivity index (χ2n) is 5.13. The van der Waals surface area contributed by atoms with Crippen molar-refractivity contribution in [3.8, 4) is 0 Å². The zero-order chi connectivity index (χ0) is 14.7. The molecule has 108 valence electrons. The maximum Gasteiger partial charge on any atom is 0.0898 e. The second-order valence-corrected chi connectivity index (χ2v) is 6.20. The molecule has 0 bridgehead atoms. The molecule has 1 unspecified atom stereocenters. The van der Waals surface area contributed by atoms with E-state index in [4.69, 9.17) is 0 Å². The molecular weight excluding hydrogens is 278 g/mol. The molecule has 2 aromatic heterocycles. The average Bonchev–Trinajstić information content (AvgIpc) is 2.94. The van der Waals surface area contributed by atoms with Crippen LogP contribution in [0.25, 0.3) is 10.9 Å². The molecule has 3 nitrogen and oxygen atoms in total. The van der Waals surface area contributed by atoms with Gasteiger partial charge in [0.15, 0.2) is 0 Å². The van der Waals surface area contributed by atoms with Crippen LogP contribution < -0.4 is 5.32 Å². The highest BCUT2D eigenvalue weighted by molar-refractivity contribution is 7.09. The lowest BCUT2D eigenvalue weighted by molar-refractivity contribution is 0.589. The first-order valence-corrected chi connectivity index (χ1v) is 8.16. The van der Waals surface area contributed by atoms with Crippen LogP contribution >= 0.6 is 11.3 Å². The van der Waals surface area contributed by atoms with E-state index in [0.29, 0.717) is 0 Å². The molecule has 4 heteroatoms. The van der Waals surface area contributed by atoms with Crippen LogP contribution in [0.5, 0.6) is 0 Å². The van der Waals surface area contributed by atoms with Gasteiger partial charge in [-0.05, 0) is 43.7 Å². The van der Waals surface area contributed by atoms with E-state index < -0.39 is 0 Å². The van der Waals surface area contributed by atoms with Crippen LogP contribution in [0.4, 0.5) is 0 Å². The quantitative estimate of drug-likeness (QED) is 0.771. The van der Waals surface area contributed by atoms with Crippen molar-refractivity contribution in [2.45, 2.75) is 26.3 Å². The number of aryl methyl sites for hydroxylation is 1. The Morgan fingerprint density at radius 3 is 2.95 bits per heavy atom. The lowest BCUT2D eigenvalue weighted by Crippen LogP contribution is -2.23. The van der Waals surface area contributed by atoms with Gasteiger partial charge in [0.1, 0.15) is 0 Å². The van der Waals surface area contributed by atoms with Crippen LogP contribution in [0.2, 0.25) is 0 Å². The summed E-state index contributed by atoms with van der Waals surface area (Å²) in [7, 11) is 0. The molecule has 1 aromatic carbocycles. The minimum absolute atomic E-state index is 0.152. The molecule has 0 spiro atoms. The molecule has 0 amide bonds. The number of nitrogens with one attached hydrogen (secondary N) is 1. The van der Waals surface area contributed by atoms with Gasteiger partial charge in [0.25, 0.3) is 0 Å². The largest absolute Gasteiger partial charge is 0.305 e. The highest BCUT2D eigenvalue weighted by Gasteiger charge is 2.16. The lowest BCUT2D eigenvalue weighted by Gasteiger charge is -2.17. The van der Waals surface area contributed by atoms with Crippen molar-refractivity contribution in [2.24, 2.45) is 0 Å². The van der Waals surface area contributed by atoms with Crippen molar-refractivity contribution >= 4 is 22.2 Å². The van der Waals surface area contributed by atoms with Crippen molar-refractivity contribution in [3.63, 3.8) is 0 Å². The summed E-state index contributed by atoms with van der Waals surface area (Å²) >= 11 is 1.70. The van der Waals surface area contributed by atoms with E-state index in [2.05, 4.69) is 58.8 Å². The molecule has 1 N–H and O–H groups in total. The summed E-state index contributed by atoms with van der Waals surface area (Å²) in [5.41, 5.74) is 3.38. The van der Waals surface area contributed by atoms with E-state index in [0.717, 1.165) is 29.2 Å². The molecule has 21 heavy (non-hydrogen) atoms. The van der Waals surface area contributed by atoms with Crippen LogP contribution in [0, 0.1) is 6.92 Å². The van der Waals surface area contributed by atoms with E-state index in [1.165, 1.54) is 10.9 Å². The summed E-state index contributed by atoms with van der Waals surface area (Å²) in [6.07, 6.45) is 2.94. The molecular formula is C17H19N3S. The molecule has 2 heterocycles. The van der Waals surface area contributed by atoms with Crippen molar-refractivity contribution in [1.82, 2.24) is 15.3 Å². The van der Waals surface area contributed by atoms with Crippen LogP contribution in [0.3, 0.4) is 0 Å². The summed E-state index contributed by atoms with van der Waals surface area (Å²) in [5.74, 6) is 0. The maximum atomic E-state index is 4.66. The number of aromatic nitrogens is 2. The number of hydrogen-bond donors (Lipinski definition) is 1. The number of hydrogen-bond acceptors (Lipinski definition) is 4. The lowest BCUT2D eigenvalue weighted by atomic mass is 10.0. The fourth-order valence-corrected chi connectivity index (χ4v) is 3.11. The first-order chi connectivity index (χ1) is 10.3. The zero-order valence-corrected chi connectivity index (χ0v) is 13.2. The Morgan fingerprint density at radius 1 is 1.29 bits per heavy atom. The fraction of sp³-hybridized carbons (Fsp3) is 0.294. The minimum atomic E-state index is 0.152. The number of benzene rings is 1. The zero-order valence-electron chi connectivity index (χ0n) is 12.3. The molecule has 0 saturated carbocycles. The van der Waals surface area contributed by atoms with Crippen molar-refractivity contribution in [2.75, 3.05) is 6.54 Å². The first-order valence-electron chi connectivity index (χ1n) is 7.28. The Hall–Kier alpha value is -1.78. The molecule has 3 aromatic rings. The third kappa shape index (κ3) is 3.12. The third-order valence-electron chi connectivity index (χ3n) is 3.49. The van der Waals surface area contributed by atoms with Gasteiger partial charge in [-0.1, -0.05) is 19.1 Å². The molecule has 3 rings (SSSR count). The average molecular weight is 297 g/mol. The third-order valence-corrected chi connectivity index (χ3v) is 4.28. The van der Waals surface area contributed by atoms with Gasteiger partial charge in [-0.3, -0.25) is 4.98 Å². The van der Waals surface area contributed by atoms with Gasteiger partial charge in [-0.2, -0.15) is 0 Å². The van der Waals surface area contributed by atoms with Gasteiger partial charge in [0.05, 0.1) is 22.3 Å². The van der Waals surface area contributed by atoms with E-state index in [-0.39, 0.29) is 6.04 Å². The standard InChI is InChI=1S/C17H19N3S/c1-3-8-19-17(16-11-21-12(2)20-16)14-6-7-15-13(10-14)5-4-9-18-15/h4-7,9-11,17,19H,3,8H2,1-2H3. The number of rotatable bonds is 5. The highest BCUT2D eigenvalue weighted by Crippen LogP contribution is 2.26. The Morgan fingerprint density at radius 2 is 2.19 bits per heavy atom. The summed E-state index contributed by atoms with van der Waals surface area (Å²) in [4.78, 5) is 9.05. The smallest absolute Gasteiger partial charge is 0.0898 e. The van der Waals surface area contributed by atoms with Crippen LogP contribution in [-0.2, 0) is 0 Å². The van der Waals surface area contributed by atoms with Gasteiger partial charge in [-0.25, -0.2) is 4.98 Å². The molecule has 0 aliphatic carbocycles. The van der Waals surface area contributed by atoms with Crippen molar-refractivity contribution < 1.29 is 0 Å². The number of pyridine rings is 1. The molecule has 0 saturated heterocycles. The van der Waals surface area contributed by atoms with E-state index in [9.17, 15) is 0 Å². The van der Waals surface area contributed by atoms with E-state index >= 15 is 0 Å². The van der Waals surface area contributed by atoms with Crippen molar-refractivity contribution in [1.29, 1.82) is 0 Å². The molecule has 0 aliphatic heterocycles. The number of fused-ring (bicyclic) bond motifs is 1. The molecule has 0 aliphatic rings. The van der Waals surface area contributed by atoms with E-state index in [1.54, 1.807) is 11.3 Å². The van der Waals surface area contributed by atoms with Gasteiger partial charge in [0.2, 0.25) is 0 Å². The predicted molar refractivity (Wildman–Crippen MR) is 88.7 cm³/mol. The molecule has 1 atom stereocenters. The van der Waals surface area contributed by atoms with Crippen LogP contribution in [0.1, 0.15) is 35.7 Å². The number of thiazole rings is 1. The summed E-state index contributed by atoms with van der Waals surface area (Å²) in [6, 6.07) is 10.7. The van der Waals surface area contributed by atoms with Gasteiger partial charge >= 0.3 is 0 Å². The Bertz CT molecular complexity index is 735. The van der Waals surface area contributed by atoms with Gasteiger partial charge < -0.3 is 5.32 Å². The SMILES string of the molecule is CCCNC(c1ccc2ncccc2c1)c1csc(C)n1. The fourth-order valence-electron chi connectivity index (χ4n) is 2.47. The Labute approximate surface area is 129 Å². The minimum Gasteiger partial charge on any atom is -0.305 e. The van der Waals surface area contributed by atoms with Crippen LogP contribution in [0.15, 0.2) is 41.9 Å². The predicted octanol–water partition coefficient (Wildman–Crippen LogP) is 4.09. The normalized spacial score (nSPS) is 12.7. The second kappa shape index (κ2) is 6.33. The highest BCUT2D eigenvalue weighted by atomic mass is 32.1. The number of nitrogens with zero attached hydrogens (tertiary/aromatic N) is 2. The van der Waals surface area contributed by atoms with Gasteiger partial charge in [0, 0.05) is 17.0 Å². The maximum absolute atomic E-state index is 4.66. The van der Waals surface area contributed by atoms with E-state index in [1.807, 2.05) is 12.3 Å². The first kappa shape index (κ1) is 14.2. The Kier molecular flexibility index (Phi) is 4.27. The Balaban J connectivity index is 2.00.